The number of carbonyl (C=O) groups is 2. The van der Waals surface area contributed by atoms with Crippen LogP contribution in [0.1, 0.15) is 12.8 Å². The summed E-state index contributed by atoms with van der Waals surface area (Å²) < 4.78 is 22.9. The molecule has 2 atom stereocenters. The van der Waals surface area contributed by atoms with Gasteiger partial charge in [0.2, 0.25) is 0 Å². The Hall–Kier alpha value is -0.960. The number of aliphatic carboxylic acids is 1. The predicted molar refractivity (Wildman–Crippen MR) is 70.8 cm³/mol. The molecule has 2 saturated heterocycles. The van der Waals surface area contributed by atoms with E-state index in [1.165, 1.54) is 16.7 Å². The third-order valence-corrected chi connectivity index (χ3v) is 6.05. The van der Waals surface area contributed by atoms with Gasteiger partial charge in [-0.2, -0.15) is 0 Å². The zero-order valence-corrected chi connectivity index (χ0v) is 11.9. The largest absolute Gasteiger partial charge is 0.480 e. The van der Waals surface area contributed by atoms with E-state index in [1.807, 2.05) is 0 Å². The number of hydrogen-bond donors (Lipinski definition) is 2. The summed E-state index contributed by atoms with van der Waals surface area (Å²) >= 11 is 1.37. The smallest absolute Gasteiger partial charge is 0.327 e. The summed E-state index contributed by atoms with van der Waals surface area (Å²) in [5, 5.41) is 11.6. The van der Waals surface area contributed by atoms with Crippen LogP contribution in [0.2, 0.25) is 0 Å². The summed E-state index contributed by atoms with van der Waals surface area (Å²) in [5.41, 5.74) is 0. The van der Waals surface area contributed by atoms with Crippen LogP contribution in [0.4, 0.5) is 4.79 Å². The Kier molecular flexibility index (Phi) is 4.24. The first-order valence-corrected chi connectivity index (χ1v) is 8.95. The zero-order chi connectivity index (χ0) is 14.0. The molecule has 0 spiro atoms. The molecule has 0 aromatic heterocycles. The van der Waals surface area contributed by atoms with Gasteiger partial charge in [0.05, 0.1) is 17.4 Å². The van der Waals surface area contributed by atoms with Crippen LogP contribution in [0.25, 0.3) is 0 Å². The van der Waals surface area contributed by atoms with Crippen molar-refractivity contribution in [1.82, 2.24) is 10.2 Å². The monoisotopic (exact) mass is 308 g/mol. The molecule has 9 heteroatoms. The Morgan fingerprint density at radius 3 is 2.74 bits per heavy atom. The summed E-state index contributed by atoms with van der Waals surface area (Å²) in [6.45, 7) is 0. The third-order valence-electron chi connectivity index (χ3n) is 3.22. The van der Waals surface area contributed by atoms with Crippen molar-refractivity contribution in [3.05, 3.63) is 0 Å². The molecule has 2 aliphatic heterocycles. The molecule has 2 rings (SSSR count). The van der Waals surface area contributed by atoms with Crippen LogP contribution < -0.4 is 5.32 Å². The number of amides is 2. The molecule has 2 aliphatic rings. The number of carboxylic acid groups (broad SMARTS) is 1. The first-order chi connectivity index (χ1) is 8.89. The fourth-order valence-electron chi connectivity index (χ4n) is 2.24. The quantitative estimate of drug-likeness (QED) is 0.728. The van der Waals surface area contributed by atoms with Crippen molar-refractivity contribution in [2.24, 2.45) is 0 Å². The normalized spacial score (nSPS) is 30.0. The van der Waals surface area contributed by atoms with E-state index >= 15 is 0 Å². The van der Waals surface area contributed by atoms with Gasteiger partial charge in [-0.25, -0.2) is 18.0 Å². The van der Waals surface area contributed by atoms with Gasteiger partial charge in [-0.05, 0) is 12.8 Å². The van der Waals surface area contributed by atoms with Gasteiger partial charge in [0.15, 0.2) is 9.84 Å². The van der Waals surface area contributed by atoms with Crippen LogP contribution in [0.3, 0.4) is 0 Å². The van der Waals surface area contributed by atoms with Crippen LogP contribution >= 0.6 is 11.8 Å². The molecule has 0 aromatic carbocycles. The van der Waals surface area contributed by atoms with Gasteiger partial charge in [-0.3, -0.25) is 0 Å². The first-order valence-electron chi connectivity index (χ1n) is 5.97. The lowest BCUT2D eigenvalue weighted by atomic mass is 10.2. The third kappa shape index (κ3) is 3.53. The SMILES string of the molecule is O=C(O)[C@@H]1CSCN1C(=O)NC1CCCS(=O)(=O)C1. The van der Waals surface area contributed by atoms with Crippen molar-refractivity contribution < 1.29 is 23.1 Å². The highest BCUT2D eigenvalue weighted by Gasteiger charge is 2.36. The predicted octanol–water partition coefficient (Wildman–Crippen LogP) is -0.267. The van der Waals surface area contributed by atoms with E-state index in [0.29, 0.717) is 24.5 Å². The Labute approximate surface area is 115 Å². The average Bonchev–Trinajstić information content (AvgIpc) is 2.76. The summed E-state index contributed by atoms with van der Waals surface area (Å²) in [7, 11) is -3.09. The summed E-state index contributed by atoms with van der Waals surface area (Å²) in [5.74, 6) is -0.237. The first kappa shape index (κ1) is 14.4. The highest BCUT2D eigenvalue weighted by Crippen LogP contribution is 2.21. The van der Waals surface area contributed by atoms with Crippen LogP contribution in [-0.2, 0) is 14.6 Å². The molecule has 1 unspecified atom stereocenters. The molecule has 2 N–H and O–H groups in total. The second-order valence-corrected chi connectivity index (χ2v) is 7.96. The van der Waals surface area contributed by atoms with Crippen LogP contribution in [0.5, 0.6) is 0 Å². The zero-order valence-electron chi connectivity index (χ0n) is 10.2. The van der Waals surface area contributed by atoms with Gasteiger partial charge in [-0.1, -0.05) is 0 Å². The maximum atomic E-state index is 12.0. The number of nitrogens with zero attached hydrogens (tertiary/aromatic N) is 1. The Bertz CT molecular complexity index is 478. The molecule has 0 aromatic rings. The summed E-state index contributed by atoms with van der Waals surface area (Å²) in [6.07, 6.45) is 1.15. The van der Waals surface area contributed by atoms with E-state index in [0.717, 1.165) is 0 Å². The van der Waals surface area contributed by atoms with Crippen LogP contribution in [0.15, 0.2) is 0 Å². The molecule has 0 bridgehead atoms. The Morgan fingerprint density at radius 2 is 2.11 bits per heavy atom. The van der Waals surface area contributed by atoms with E-state index in [-0.39, 0.29) is 11.5 Å². The average molecular weight is 308 g/mol. The van der Waals surface area contributed by atoms with Gasteiger partial charge in [0.1, 0.15) is 6.04 Å². The van der Waals surface area contributed by atoms with E-state index in [2.05, 4.69) is 5.32 Å². The molecule has 108 valence electrons. The summed E-state index contributed by atoms with van der Waals surface area (Å²) in [6, 6.07) is -1.73. The molecule has 0 saturated carbocycles. The molecule has 19 heavy (non-hydrogen) atoms. The molecule has 0 radical (unpaired) electrons. The fourth-order valence-corrected chi connectivity index (χ4v) is 5.02. The highest BCUT2D eigenvalue weighted by atomic mass is 32.2. The van der Waals surface area contributed by atoms with Gasteiger partial charge in [-0.15, -0.1) is 11.8 Å². The van der Waals surface area contributed by atoms with Crippen molar-refractivity contribution in [1.29, 1.82) is 0 Å². The lowest BCUT2D eigenvalue weighted by Gasteiger charge is -2.27. The molecular formula is C10H16N2O5S2. The number of nitrogens with one attached hydrogen (secondary N) is 1. The molecule has 2 fully saturated rings. The van der Waals surface area contributed by atoms with Gasteiger partial charge in [0, 0.05) is 11.8 Å². The van der Waals surface area contributed by atoms with Gasteiger partial charge in [0.25, 0.3) is 0 Å². The number of urea groups is 1. The van der Waals surface area contributed by atoms with Crippen molar-refractivity contribution >= 4 is 33.6 Å². The number of rotatable bonds is 2. The van der Waals surface area contributed by atoms with E-state index in [9.17, 15) is 18.0 Å². The van der Waals surface area contributed by atoms with E-state index < -0.39 is 33.9 Å². The van der Waals surface area contributed by atoms with Crippen LogP contribution in [0, 0.1) is 0 Å². The minimum atomic E-state index is -3.09. The standard InChI is InChI=1S/C10H16N2O5S2/c13-9(14)8-4-18-6-12(8)10(15)11-7-2-1-3-19(16,17)5-7/h7-8H,1-6H2,(H,11,15)(H,13,14)/t7?,8-/m0/s1. The molecular weight excluding hydrogens is 292 g/mol. The maximum Gasteiger partial charge on any atom is 0.327 e. The lowest BCUT2D eigenvalue weighted by molar-refractivity contribution is -0.140. The molecule has 2 amide bonds. The number of hydrogen-bond acceptors (Lipinski definition) is 5. The van der Waals surface area contributed by atoms with Gasteiger partial charge >= 0.3 is 12.0 Å². The number of sulfone groups is 1. The van der Waals surface area contributed by atoms with E-state index in [1.54, 1.807) is 0 Å². The summed E-state index contributed by atoms with van der Waals surface area (Å²) in [4.78, 5) is 24.2. The van der Waals surface area contributed by atoms with Crippen LogP contribution in [-0.4, -0.2) is 65.6 Å². The Morgan fingerprint density at radius 1 is 1.37 bits per heavy atom. The second kappa shape index (κ2) is 5.58. The van der Waals surface area contributed by atoms with Gasteiger partial charge < -0.3 is 15.3 Å². The van der Waals surface area contributed by atoms with Crippen molar-refractivity contribution in [3.8, 4) is 0 Å². The highest BCUT2D eigenvalue weighted by molar-refractivity contribution is 7.99. The topological polar surface area (TPSA) is 104 Å². The lowest BCUT2D eigenvalue weighted by Crippen LogP contribution is -2.52. The minimum absolute atomic E-state index is 0.0581. The molecule has 0 aliphatic carbocycles. The minimum Gasteiger partial charge on any atom is -0.480 e. The number of carboxylic acids is 1. The van der Waals surface area contributed by atoms with Crippen molar-refractivity contribution in [2.75, 3.05) is 23.1 Å². The maximum absolute atomic E-state index is 12.0. The number of carbonyl (C=O) groups excluding carboxylic acids is 1. The molecule has 7 nitrogen and oxygen atoms in total. The number of thioether (sulfide) groups is 1. The molecule has 2 heterocycles. The second-order valence-electron chi connectivity index (χ2n) is 4.73. The van der Waals surface area contributed by atoms with Crippen molar-refractivity contribution in [3.63, 3.8) is 0 Å². The fraction of sp³-hybridized carbons (Fsp3) is 0.800. The van der Waals surface area contributed by atoms with E-state index in [4.69, 9.17) is 5.11 Å². The Balaban J connectivity index is 1.95. The van der Waals surface area contributed by atoms with Crippen molar-refractivity contribution in [2.45, 2.75) is 24.9 Å².